The van der Waals surface area contributed by atoms with Crippen molar-refractivity contribution in [2.24, 2.45) is 0 Å². The number of carbonyl (C=O) groups is 2. The van der Waals surface area contributed by atoms with Gasteiger partial charge in [0.15, 0.2) is 0 Å². The number of rotatable bonds is 6. The van der Waals surface area contributed by atoms with E-state index >= 15 is 0 Å². The predicted molar refractivity (Wildman–Crippen MR) is 104 cm³/mol. The van der Waals surface area contributed by atoms with Crippen LogP contribution in [0.1, 0.15) is 46.5 Å². The topological polar surface area (TPSA) is 58.2 Å². The number of halogens is 2. The van der Waals surface area contributed by atoms with E-state index in [1.165, 1.54) is 0 Å². The first kappa shape index (κ1) is 19.5. The standard InChI is InChI=1S/C19H20BrClN2O2/c1-3-12(2)23-18(24)14-6-4-5-13(9-14)11-22-19(25)16-10-15(21)7-8-17(16)20/h4-10,12H,3,11H2,1-2H3,(H,22,25)(H,23,24). The van der Waals surface area contributed by atoms with E-state index < -0.39 is 0 Å². The number of hydrogen-bond acceptors (Lipinski definition) is 2. The molecule has 0 radical (unpaired) electrons. The lowest BCUT2D eigenvalue weighted by Crippen LogP contribution is -2.32. The molecule has 0 spiro atoms. The lowest BCUT2D eigenvalue weighted by Gasteiger charge is -2.12. The Morgan fingerprint density at radius 2 is 1.92 bits per heavy atom. The van der Waals surface area contributed by atoms with Crippen LogP contribution in [0.3, 0.4) is 0 Å². The molecule has 132 valence electrons. The van der Waals surface area contributed by atoms with Crippen molar-refractivity contribution in [3.8, 4) is 0 Å². The van der Waals surface area contributed by atoms with Gasteiger partial charge in [0.1, 0.15) is 0 Å². The Hall–Kier alpha value is -1.85. The molecule has 25 heavy (non-hydrogen) atoms. The van der Waals surface area contributed by atoms with E-state index in [2.05, 4.69) is 26.6 Å². The molecule has 0 aliphatic carbocycles. The third-order valence-corrected chi connectivity index (χ3v) is 4.73. The number of amides is 2. The summed E-state index contributed by atoms with van der Waals surface area (Å²) in [5, 5.41) is 6.27. The molecular weight excluding hydrogens is 404 g/mol. The van der Waals surface area contributed by atoms with Crippen molar-refractivity contribution in [3.63, 3.8) is 0 Å². The average molecular weight is 424 g/mol. The Kier molecular flexibility index (Phi) is 7.02. The highest BCUT2D eigenvalue weighted by Gasteiger charge is 2.12. The Morgan fingerprint density at radius 1 is 1.16 bits per heavy atom. The van der Waals surface area contributed by atoms with Crippen molar-refractivity contribution in [3.05, 3.63) is 68.7 Å². The van der Waals surface area contributed by atoms with Gasteiger partial charge in [-0.2, -0.15) is 0 Å². The van der Waals surface area contributed by atoms with Crippen LogP contribution in [0.25, 0.3) is 0 Å². The van der Waals surface area contributed by atoms with Crippen molar-refractivity contribution in [2.45, 2.75) is 32.9 Å². The molecule has 0 fully saturated rings. The highest BCUT2D eigenvalue weighted by atomic mass is 79.9. The molecule has 0 saturated heterocycles. The summed E-state index contributed by atoms with van der Waals surface area (Å²) in [7, 11) is 0. The molecule has 2 amide bonds. The van der Waals surface area contributed by atoms with Crippen LogP contribution in [0.5, 0.6) is 0 Å². The van der Waals surface area contributed by atoms with E-state index in [9.17, 15) is 9.59 Å². The monoisotopic (exact) mass is 422 g/mol. The van der Waals surface area contributed by atoms with Crippen LogP contribution in [0.15, 0.2) is 46.9 Å². The van der Waals surface area contributed by atoms with Crippen molar-refractivity contribution < 1.29 is 9.59 Å². The Morgan fingerprint density at radius 3 is 2.64 bits per heavy atom. The fourth-order valence-electron chi connectivity index (χ4n) is 2.18. The van der Waals surface area contributed by atoms with Gasteiger partial charge in [0.25, 0.3) is 11.8 Å². The molecule has 0 aliphatic heterocycles. The van der Waals surface area contributed by atoms with Crippen LogP contribution >= 0.6 is 27.5 Å². The SMILES string of the molecule is CCC(C)NC(=O)c1cccc(CNC(=O)c2cc(Cl)ccc2Br)c1. The van der Waals surface area contributed by atoms with Gasteiger partial charge in [-0.15, -0.1) is 0 Å². The van der Waals surface area contributed by atoms with Crippen LogP contribution in [-0.4, -0.2) is 17.9 Å². The first-order valence-electron chi connectivity index (χ1n) is 8.03. The van der Waals surface area contributed by atoms with Crippen molar-refractivity contribution in [1.82, 2.24) is 10.6 Å². The van der Waals surface area contributed by atoms with Crippen LogP contribution in [-0.2, 0) is 6.54 Å². The molecule has 2 rings (SSSR count). The molecule has 2 N–H and O–H groups in total. The van der Waals surface area contributed by atoms with Gasteiger partial charge in [0, 0.05) is 27.6 Å². The average Bonchev–Trinajstić information content (AvgIpc) is 2.61. The fraction of sp³-hybridized carbons (Fsp3) is 0.263. The van der Waals surface area contributed by atoms with E-state index in [-0.39, 0.29) is 17.9 Å². The van der Waals surface area contributed by atoms with E-state index in [0.29, 0.717) is 27.2 Å². The molecular formula is C19H20BrClN2O2. The zero-order chi connectivity index (χ0) is 18.4. The summed E-state index contributed by atoms with van der Waals surface area (Å²) in [6, 6.07) is 12.4. The fourth-order valence-corrected chi connectivity index (χ4v) is 2.78. The van der Waals surface area contributed by atoms with E-state index in [4.69, 9.17) is 11.6 Å². The summed E-state index contributed by atoms with van der Waals surface area (Å²) in [5.41, 5.74) is 1.90. The minimum Gasteiger partial charge on any atom is -0.350 e. The number of carbonyl (C=O) groups excluding carboxylic acids is 2. The van der Waals surface area contributed by atoms with Gasteiger partial charge in [-0.3, -0.25) is 9.59 Å². The molecule has 4 nitrogen and oxygen atoms in total. The first-order valence-corrected chi connectivity index (χ1v) is 9.21. The summed E-state index contributed by atoms with van der Waals surface area (Å²) < 4.78 is 0.677. The van der Waals surface area contributed by atoms with Crippen LogP contribution in [0.2, 0.25) is 5.02 Å². The van der Waals surface area contributed by atoms with Gasteiger partial charge >= 0.3 is 0 Å². The highest BCUT2D eigenvalue weighted by Crippen LogP contribution is 2.21. The molecule has 6 heteroatoms. The zero-order valence-electron chi connectivity index (χ0n) is 14.1. The zero-order valence-corrected chi connectivity index (χ0v) is 16.4. The number of benzene rings is 2. The van der Waals surface area contributed by atoms with Crippen molar-refractivity contribution >= 4 is 39.3 Å². The molecule has 0 aromatic heterocycles. The number of hydrogen-bond donors (Lipinski definition) is 2. The van der Waals surface area contributed by atoms with Crippen LogP contribution in [0.4, 0.5) is 0 Å². The van der Waals surface area contributed by atoms with Crippen LogP contribution in [0, 0.1) is 0 Å². The quantitative estimate of drug-likeness (QED) is 0.715. The van der Waals surface area contributed by atoms with E-state index in [1.54, 1.807) is 30.3 Å². The smallest absolute Gasteiger partial charge is 0.252 e. The van der Waals surface area contributed by atoms with Gasteiger partial charge in [0.2, 0.25) is 0 Å². The summed E-state index contributed by atoms with van der Waals surface area (Å²) in [4.78, 5) is 24.5. The van der Waals surface area contributed by atoms with Crippen LogP contribution < -0.4 is 10.6 Å². The first-order chi connectivity index (χ1) is 11.9. The van der Waals surface area contributed by atoms with Gasteiger partial charge in [-0.05, 0) is 65.2 Å². The maximum Gasteiger partial charge on any atom is 0.252 e. The normalized spacial score (nSPS) is 11.7. The summed E-state index contributed by atoms with van der Waals surface area (Å²) >= 11 is 9.29. The Bertz CT molecular complexity index is 780. The predicted octanol–water partition coefficient (Wildman–Crippen LogP) is 4.56. The molecule has 1 unspecified atom stereocenters. The molecule has 0 bridgehead atoms. The minimum atomic E-state index is -0.233. The molecule has 0 heterocycles. The summed E-state index contributed by atoms with van der Waals surface area (Å²) in [6.07, 6.45) is 0.871. The Labute approximate surface area is 161 Å². The Balaban J connectivity index is 2.03. The third kappa shape index (κ3) is 5.58. The summed E-state index contributed by atoms with van der Waals surface area (Å²) in [6.45, 7) is 4.30. The van der Waals surface area contributed by atoms with Gasteiger partial charge in [-0.25, -0.2) is 0 Å². The molecule has 2 aromatic carbocycles. The second kappa shape index (κ2) is 9.02. The molecule has 0 aliphatic rings. The van der Waals surface area contributed by atoms with Crippen molar-refractivity contribution in [2.75, 3.05) is 0 Å². The second-order valence-corrected chi connectivity index (χ2v) is 7.08. The molecule has 2 aromatic rings. The minimum absolute atomic E-state index is 0.111. The number of nitrogens with one attached hydrogen (secondary N) is 2. The van der Waals surface area contributed by atoms with E-state index in [0.717, 1.165) is 12.0 Å². The molecule has 0 saturated carbocycles. The van der Waals surface area contributed by atoms with Gasteiger partial charge in [-0.1, -0.05) is 30.7 Å². The maximum atomic E-state index is 12.3. The lowest BCUT2D eigenvalue weighted by molar-refractivity contribution is 0.0936. The maximum absolute atomic E-state index is 12.3. The van der Waals surface area contributed by atoms with Gasteiger partial charge in [0.05, 0.1) is 5.56 Å². The third-order valence-electron chi connectivity index (χ3n) is 3.81. The molecule has 1 atom stereocenters. The van der Waals surface area contributed by atoms with E-state index in [1.807, 2.05) is 26.0 Å². The second-order valence-electron chi connectivity index (χ2n) is 5.79. The lowest BCUT2D eigenvalue weighted by atomic mass is 10.1. The van der Waals surface area contributed by atoms with Crippen molar-refractivity contribution in [1.29, 1.82) is 0 Å². The highest BCUT2D eigenvalue weighted by molar-refractivity contribution is 9.10. The van der Waals surface area contributed by atoms with Gasteiger partial charge < -0.3 is 10.6 Å². The largest absolute Gasteiger partial charge is 0.350 e. The summed E-state index contributed by atoms with van der Waals surface area (Å²) in [5.74, 6) is -0.344.